The minimum absolute atomic E-state index is 0.00465. The predicted octanol–water partition coefficient (Wildman–Crippen LogP) is -0.121. The second kappa shape index (κ2) is 5.90. The van der Waals surface area contributed by atoms with Gasteiger partial charge in [-0.05, 0) is 31.0 Å². The molecular weight excluding hydrogens is 292 g/mol. The number of piperidine rings is 1. The van der Waals surface area contributed by atoms with Crippen molar-refractivity contribution < 1.29 is 13.2 Å². The largest absolute Gasteiger partial charge is 0.399 e. The van der Waals surface area contributed by atoms with Crippen LogP contribution in [0, 0.1) is 5.92 Å². The van der Waals surface area contributed by atoms with Crippen molar-refractivity contribution in [2.24, 2.45) is 11.1 Å². The number of anilines is 2. The van der Waals surface area contributed by atoms with Crippen molar-refractivity contribution in [3.05, 3.63) is 18.2 Å². The number of amides is 1. The molecule has 1 aliphatic heterocycles. The van der Waals surface area contributed by atoms with Crippen LogP contribution in [-0.4, -0.2) is 34.5 Å². The summed E-state index contributed by atoms with van der Waals surface area (Å²) in [5.41, 5.74) is 6.82. The van der Waals surface area contributed by atoms with Gasteiger partial charge in [0.2, 0.25) is 15.9 Å². The highest BCUT2D eigenvalue weighted by Crippen LogP contribution is 2.27. The van der Waals surface area contributed by atoms with Gasteiger partial charge in [0.15, 0.2) is 0 Å². The third-order valence-corrected chi connectivity index (χ3v) is 4.61. The SMILES string of the molecule is CNC(=O)C1CCN(c2cc(N)cc(S(N)(=O)=O)c2)CC1. The van der Waals surface area contributed by atoms with Crippen LogP contribution in [0.1, 0.15) is 12.8 Å². The number of nitrogens with two attached hydrogens (primary N) is 2. The van der Waals surface area contributed by atoms with E-state index in [1.165, 1.54) is 12.1 Å². The van der Waals surface area contributed by atoms with Gasteiger partial charge in [-0.2, -0.15) is 0 Å². The Morgan fingerprint density at radius 2 is 1.90 bits per heavy atom. The summed E-state index contributed by atoms with van der Waals surface area (Å²) < 4.78 is 22.9. The van der Waals surface area contributed by atoms with Crippen molar-refractivity contribution in [3.8, 4) is 0 Å². The maximum absolute atomic E-state index is 11.6. The monoisotopic (exact) mass is 312 g/mol. The van der Waals surface area contributed by atoms with Crippen LogP contribution in [0.5, 0.6) is 0 Å². The van der Waals surface area contributed by atoms with E-state index in [9.17, 15) is 13.2 Å². The molecule has 0 radical (unpaired) electrons. The summed E-state index contributed by atoms with van der Waals surface area (Å²) in [6, 6.07) is 4.58. The van der Waals surface area contributed by atoms with Gasteiger partial charge in [-0.15, -0.1) is 0 Å². The van der Waals surface area contributed by atoms with Crippen molar-refractivity contribution in [1.82, 2.24) is 5.32 Å². The quantitative estimate of drug-likeness (QED) is 0.672. The number of hydrogen-bond acceptors (Lipinski definition) is 5. The van der Waals surface area contributed by atoms with E-state index in [0.29, 0.717) is 18.8 Å². The molecule has 1 fully saturated rings. The second-order valence-corrected chi connectivity index (χ2v) is 6.74. The second-order valence-electron chi connectivity index (χ2n) is 5.18. The number of hydrogen-bond donors (Lipinski definition) is 3. The number of carbonyl (C=O) groups excluding carboxylic acids is 1. The van der Waals surface area contributed by atoms with Crippen LogP contribution >= 0.6 is 0 Å². The molecule has 0 spiro atoms. The van der Waals surface area contributed by atoms with Crippen LogP contribution in [0.15, 0.2) is 23.1 Å². The lowest BCUT2D eigenvalue weighted by Crippen LogP contribution is -2.39. The molecule has 21 heavy (non-hydrogen) atoms. The molecule has 8 heteroatoms. The van der Waals surface area contributed by atoms with Gasteiger partial charge in [0.05, 0.1) is 4.90 Å². The lowest BCUT2D eigenvalue weighted by atomic mass is 9.95. The molecule has 1 aromatic carbocycles. The van der Waals surface area contributed by atoms with E-state index in [-0.39, 0.29) is 16.7 Å². The number of rotatable bonds is 3. The molecule has 1 heterocycles. The minimum Gasteiger partial charge on any atom is -0.399 e. The summed E-state index contributed by atoms with van der Waals surface area (Å²) >= 11 is 0. The zero-order valence-corrected chi connectivity index (χ0v) is 12.7. The van der Waals surface area contributed by atoms with E-state index >= 15 is 0 Å². The molecule has 0 saturated carbocycles. The molecule has 0 unspecified atom stereocenters. The Balaban J connectivity index is 2.17. The summed E-state index contributed by atoms with van der Waals surface area (Å²) in [6.07, 6.45) is 1.44. The first-order valence-electron chi connectivity index (χ1n) is 6.71. The Kier molecular flexibility index (Phi) is 4.38. The highest BCUT2D eigenvalue weighted by Gasteiger charge is 2.25. The molecule has 0 aromatic heterocycles. The summed E-state index contributed by atoms with van der Waals surface area (Å²) in [6.45, 7) is 1.34. The number of benzene rings is 1. The number of nitrogens with one attached hydrogen (secondary N) is 1. The normalized spacial score (nSPS) is 16.8. The smallest absolute Gasteiger partial charge is 0.238 e. The van der Waals surface area contributed by atoms with Gasteiger partial charge >= 0.3 is 0 Å². The van der Waals surface area contributed by atoms with Crippen LogP contribution in [-0.2, 0) is 14.8 Å². The molecule has 5 N–H and O–H groups in total. The summed E-state index contributed by atoms with van der Waals surface area (Å²) in [5.74, 6) is 0.0532. The highest BCUT2D eigenvalue weighted by molar-refractivity contribution is 7.89. The van der Waals surface area contributed by atoms with Gasteiger partial charge in [-0.25, -0.2) is 13.6 Å². The molecule has 1 saturated heterocycles. The Bertz CT molecular complexity index is 637. The first-order chi connectivity index (χ1) is 9.81. The number of sulfonamides is 1. The van der Waals surface area contributed by atoms with Crippen LogP contribution < -0.4 is 21.1 Å². The molecule has 2 rings (SSSR count). The van der Waals surface area contributed by atoms with Gasteiger partial charge in [0.1, 0.15) is 0 Å². The zero-order valence-electron chi connectivity index (χ0n) is 11.9. The van der Waals surface area contributed by atoms with E-state index in [2.05, 4.69) is 5.32 Å². The number of carbonyl (C=O) groups is 1. The van der Waals surface area contributed by atoms with Crippen LogP contribution in [0.3, 0.4) is 0 Å². The van der Waals surface area contributed by atoms with Gasteiger partial charge in [0, 0.05) is 37.4 Å². The molecule has 1 amide bonds. The van der Waals surface area contributed by atoms with Crippen LogP contribution in [0.25, 0.3) is 0 Å². The summed E-state index contributed by atoms with van der Waals surface area (Å²) in [4.78, 5) is 13.6. The van der Waals surface area contributed by atoms with Crippen molar-refractivity contribution in [3.63, 3.8) is 0 Å². The van der Waals surface area contributed by atoms with E-state index < -0.39 is 10.0 Å². The standard InChI is InChI=1S/C13H20N4O3S/c1-16-13(18)9-2-4-17(5-3-9)11-6-10(14)7-12(8-11)21(15,19)20/h6-9H,2-5,14H2,1H3,(H,16,18)(H2,15,19,20). The lowest BCUT2D eigenvalue weighted by Gasteiger charge is -2.33. The van der Waals surface area contributed by atoms with Crippen molar-refractivity contribution >= 4 is 27.3 Å². The van der Waals surface area contributed by atoms with Crippen LogP contribution in [0.4, 0.5) is 11.4 Å². The van der Waals surface area contributed by atoms with Crippen molar-refractivity contribution in [1.29, 1.82) is 0 Å². The van der Waals surface area contributed by atoms with Crippen LogP contribution in [0.2, 0.25) is 0 Å². The first kappa shape index (κ1) is 15.6. The predicted molar refractivity (Wildman–Crippen MR) is 81.2 cm³/mol. The van der Waals surface area contributed by atoms with Gasteiger partial charge in [0.25, 0.3) is 0 Å². The third-order valence-electron chi connectivity index (χ3n) is 3.72. The lowest BCUT2D eigenvalue weighted by molar-refractivity contribution is -0.125. The summed E-state index contributed by atoms with van der Waals surface area (Å²) in [7, 11) is -2.16. The van der Waals surface area contributed by atoms with E-state index in [0.717, 1.165) is 18.5 Å². The number of nitrogens with zero attached hydrogens (tertiary/aromatic N) is 1. The fraction of sp³-hybridized carbons (Fsp3) is 0.462. The average molecular weight is 312 g/mol. The zero-order chi connectivity index (χ0) is 15.6. The van der Waals surface area contributed by atoms with Gasteiger partial charge in [-0.3, -0.25) is 4.79 Å². The molecule has 0 bridgehead atoms. The molecule has 1 aliphatic rings. The maximum Gasteiger partial charge on any atom is 0.238 e. The molecule has 1 aromatic rings. The minimum atomic E-state index is -3.79. The number of primary sulfonamides is 1. The molecule has 7 nitrogen and oxygen atoms in total. The van der Waals surface area contributed by atoms with E-state index in [1.807, 2.05) is 4.90 Å². The van der Waals surface area contributed by atoms with Crippen molar-refractivity contribution in [2.75, 3.05) is 30.8 Å². The Morgan fingerprint density at radius 1 is 1.29 bits per heavy atom. The Morgan fingerprint density at radius 3 is 2.43 bits per heavy atom. The molecule has 0 atom stereocenters. The van der Waals surface area contributed by atoms with E-state index in [1.54, 1.807) is 13.1 Å². The maximum atomic E-state index is 11.6. The molecular formula is C13H20N4O3S. The first-order valence-corrected chi connectivity index (χ1v) is 8.26. The molecule has 116 valence electrons. The Hall–Kier alpha value is -1.80. The van der Waals surface area contributed by atoms with Crippen molar-refractivity contribution in [2.45, 2.75) is 17.7 Å². The van der Waals surface area contributed by atoms with Gasteiger partial charge < -0.3 is 16.0 Å². The topological polar surface area (TPSA) is 119 Å². The highest BCUT2D eigenvalue weighted by atomic mass is 32.2. The third kappa shape index (κ3) is 3.64. The fourth-order valence-electron chi connectivity index (χ4n) is 2.56. The average Bonchev–Trinajstić information content (AvgIpc) is 2.45. The van der Waals surface area contributed by atoms with E-state index in [4.69, 9.17) is 10.9 Å². The summed E-state index contributed by atoms with van der Waals surface area (Å²) in [5, 5.41) is 7.80. The fourth-order valence-corrected chi connectivity index (χ4v) is 3.14. The van der Waals surface area contributed by atoms with Gasteiger partial charge in [-0.1, -0.05) is 0 Å². The molecule has 0 aliphatic carbocycles. The Labute approximate surface area is 124 Å². The number of nitrogen functional groups attached to an aromatic ring is 1.